The van der Waals surface area contributed by atoms with Crippen molar-refractivity contribution in [2.75, 3.05) is 18.4 Å². The average Bonchev–Trinajstić information content (AvgIpc) is 2.80. The van der Waals surface area contributed by atoms with Gasteiger partial charge in [0.25, 0.3) is 0 Å². The Kier molecular flexibility index (Phi) is 8.56. The molecule has 108 valence electrons. The zero-order chi connectivity index (χ0) is 13.4. The van der Waals surface area contributed by atoms with Gasteiger partial charge in [-0.2, -0.15) is 5.10 Å². The summed E-state index contributed by atoms with van der Waals surface area (Å²) in [5.41, 5.74) is 5.12. The second kappa shape index (κ2) is 9.35. The van der Waals surface area contributed by atoms with Gasteiger partial charge in [0, 0.05) is 12.6 Å². The predicted octanol–water partition coefficient (Wildman–Crippen LogP) is 0.118. The molecule has 2 amide bonds. The van der Waals surface area contributed by atoms with Crippen molar-refractivity contribution in [2.24, 2.45) is 5.73 Å². The number of amides is 2. The van der Waals surface area contributed by atoms with Crippen LogP contribution in [0.2, 0.25) is 0 Å². The maximum Gasteiger partial charge on any atom is 0.244 e. The van der Waals surface area contributed by atoms with Gasteiger partial charge in [0.2, 0.25) is 11.8 Å². The van der Waals surface area contributed by atoms with E-state index < -0.39 is 0 Å². The van der Waals surface area contributed by atoms with Crippen LogP contribution in [-0.2, 0) is 16.1 Å². The van der Waals surface area contributed by atoms with E-state index in [0.717, 1.165) is 19.4 Å². The van der Waals surface area contributed by atoms with Gasteiger partial charge in [0.05, 0.1) is 19.3 Å². The minimum atomic E-state index is -0.357. The van der Waals surface area contributed by atoms with Gasteiger partial charge < -0.3 is 16.4 Å². The van der Waals surface area contributed by atoms with Crippen LogP contribution in [0, 0.1) is 0 Å². The molecule has 19 heavy (non-hydrogen) atoms. The molecule has 0 aliphatic rings. The van der Waals surface area contributed by atoms with Crippen molar-refractivity contribution in [1.82, 2.24) is 15.1 Å². The van der Waals surface area contributed by atoms with Crippen molar-refractivity contribution in [1.29, 1.82) is 0 Å². The number of carbonyl (C=O) groups is 2. The third-order valence-corrected chi connectivity index (χ3v) is 2.34. The van der Waals surface area contributed by atoms with Crippen LogP contribution in [0.5, 0.6) is 0 Å². The van der Waals surface area contributed by atoms with E-state index in [4.69, 9.17) is 5.73 Å². The first-order chi connectivity index (χ1) is 8.67. The number of halogens is 1. The fourth-order valence-corrected chi connectivity index (χ4v) is 1.36. The van der Waals surface area contributed by atoms with Crippen molar-refractivity contribution in [2.45, 2.75) is 26.3 Å². The third-order valence-electron chi connectivity index (χ3n) is 2.34. The molecule has 0 radical (unpaired) electrons. The molecule has 7 nitrogen and oxygen atoms in total. The molecule has 0 saturated carbocycles. The van der Waals surface area contributed by atoms with Gasteiger partial charge in [-0.05, 0) is 6.42 Å². The summed E-state index contributed by atoms with van der Waals surface area (Å²) in [6.07, 6.45) is 3.68. The van der Waals surface area contributed by atoms with Crippen LogP contribution in [0.4, 0.5) is 5.82 Å². The van der Waals surface area contributed by atoms with E-state index in [1.807, 2.05) is 0 Å². The quantitative estimate of drug-likeness (QED) is 0.663. The number of nitrogens with one attached hydrogen (secondary N) is 2. The monoisotopic (exact) mass is 289 g/mol. The number of rotatable bonds is 7. The molecule has 0 bridgehead atoms. The Hall–Kier alpha value is -1.60. The second-order valence-electron chi connectivity index (χ2n) is 3.82. The number of nitrogens with zero attached hydrogens (tertiary/aromatic N) is 2. The van der Waals surface area contributed by atoms with E-state index in [1.54, 1.807) is 16.9 Å². The highest BCUT2D eigenvalue weighted by atomic mass is 35.5. The smallest absolute Gasteiger partial charge is 0.244 e. The van der Waals surface area contributed by atoms with Crippen LogP contribution in [0.3, 0.4) is 0 Å². The largest absolute Gasteiger partial charge is 0.346 e. The van der Waals surface area contributed by atoms with E-state index in [9.17, 15) is 9.59 Å². The summed E-state index contributed by atoms with van der Waals surface area (Å²) in [5, 5.41) is 9.20. The molecule has 0 aliphatic carbocycles. The molecular formula is C11H20ClN5O2. The van der Waals surface area contributed by atoms with Crippen molar-refractivity contribution in [3.63, 3.8) is 0 Å². The summed E-state index contributed by atoms with van der Waals surface area (Å²) in [7, 11) is 0. The minimum Gasteiger partial charge on any atom is -0.346 e. The lowest BCUT2D eigenvalue weighted by molar-refractivity contribution is -0.123. The van der Waals surface area contributed by atoms with Crippen molar-refractivity contribution < 1.29 is 9.59 Å². The highest BCUT2D eigenvalue weighted by molar-refractivity contribution is 5.94. The first kappa shape index (κ1) is 17.4. The van der Waals surface area contributed by atoms with E-state index in [-0.39, 0.29) is 37.3 Å². The Balaban J connectivity index is 0.00000324. The Morgan fingerprint density at radius 1 is 1.42 bits per heavy atom. The molecular weight excluding hydrogens is 270 g/mol. The molecule has 1 aromatic heterocycles. The molecule has 0 unspecified atom stereocenters. The van der Waals surface area contributed by atoms with Crippen molar-refractivity contribution in [3.05, 3.63) is 12.3 Å². The van der Waals surface area contributed by atoms with Gasteiger partial charge in [0.1, 0.15) is 5.82 Å². The second-order valence-corrected chi connectivity index (χ2v) is 3.82. The molecule has 0 saturated heterocycles. The number of aromatic nitrogens is 2. The van der Waals surface area contributed by atoms with Crippen LogP contribution in [0.15, 0.2) is 12.3 Å². The summed E-state index contributed by atoms with van der Waals surface area (Å²) in [5.74, 6) is -0.0184. The molecule has 0 aliphatic heterocycles. The van der Waals surface area contributed by atoms with E-state index in [2.05, 4.69) is 22.7 Å². The summed E-state index contributed by atoms with van der Waals surface area (Å²) in [6.45, 7) is 2.63. The van der Waals surface area contributed by atoms with Crippen molar-refractivity contribution in [3.8, 4) is 0 Å². The third kappa shape index (κ3) is 6.21. The summed E-state index contributed by atoms with van der Waals surface area (Å²) in [6, 6.07) is 1.72. The van der Waals surface area contributed by atoms with Crippen LogP contribution in [0.1, 0.15) is 19.8 Å². The molecule has 8 heteroatoms. The van der Waals surface area contributed by atoms with Crippen LogP contribution in [-0.4, -0.2) is 34.7 Å². The fraction of sp³-hybridized carbons (Fsp3) is 0.545. The van der Waals surface area contributed by atoms with Gasteiger partial charge in [-0.15, -0.1) is 12.4 Å². The zero-order valence-electron chi connectivity index (χ0n) is 10.9. The first-order valence-corrected chi connectivity index (χ1v) is 5.95. The molecule has 0 fully saturated rings. The number of aryl methyl sites for hydroxylation is 1. The highest BCUT2D eigenvalue weighted by Gasteiger charge is 2.07. The van der Waals surface area contributed by atoms with E-state index in [0.29, 0.717) is 5.82 Å². The molecule has 0 spiro atoms. The lowest BCUT2D eigenvalue weighted by Crippen LogP contribution is -2.36. The normalized spacial score (nSPS) is 9.58. The molecule has 1 aromatic rings. The lowest BCUT2D eigenvalue weighted by atomic mass is 10.3. The number of anilines is 1. The number of nitrogens with two attached hydrogens (primary N) is 1. The molecule has 1 rings (SSSR count). The topological polar surface area (TPSA) is 102 Å². The predicted molar refractivity (Wildman–Crippen MR) is 75.1 cm³/mol. The van der Waals surface area contributed by atoms with Crippen LogP contribution >= 0.6 is 12.4 Å². The molecule has 4 N–H and O–H groups in total. The molecule has 0 atom stereocenters. The standard InChI is InChI=1S/C11H19N5O2.ClH/c1-2-3-6-16-9(4-5-14-16)15-11(18)8-13-10(17)7-12;/h4-5H,2-3,6-8,12H2,1H3,(H,13,17)(H,15,18);1H. The van der Waals surface area contributed by atoms with Gasteiger partial charge >= 0.3 is 0 Å². The maximum absolute atomic E-state index is 11.5. The molecule has 1 heterocycles. The minimum absolute atomic E-state index is 0. The first-order valence-electron chi connectivity index (χ1n) is 5.95. The van der Waals surface area contributed by atoms with Crippen molar-refractivity contribution >= 4 is 30.0 Å². The number of unbranched alkanes of at least 4 members (excludes halogenated alkanes) is 1. The fourth-order valence-electron chi connectivity index (χ4n) is 1.36. The Labute approximate surface area is 118 Å². The zero-order valence-corrected chi connectivity index (χ0v) is 11.7. The maximum atomic E-state index is 11.5. The summed E-state index contributed by atoms with van der Waals surface area (Å²) >= 11 is 0. The van der Waals surface area contributed by atoms with Gasteiger partial charge in [-0.25, -0.2) is 4.68 Å². The van der Waals surface area contributed by atoms with Gasteiger partial charge in [0.15, 0.2) is 0 Å². The Bertz CT molecular complexity index is 408. The average molecular weight is 290 g/mol. The number of hydrogen-bond acceptors (Lipinski definition) is 4. The van der Waals surface area contributed by atoms with Crippen LogP contribution in [0.25, 0.3) is 0 Å². The van der Waals surface area contributed by atoms with E-state index in [1.165, 1.54) is 0 Å². The summed E-state index contributed by atoms with van der Waals surface area (Å²) < 4.78 is 1.73. The number of hydrogen-bond donors (Lipinski definition) is 3. The SMILES string of the molecule is CCCCn1nccc1NC(=O)CNC(=O)CN.Cl. The van der Waals surface area contributed by atoms with Gasteiger partial charge in [-0.3, -0.25) is 9.59 Å². The summed E-state index contributed by atoms with van der Waals surface area (Å²) in [4.78, 5) is 22.4. The Morgan fingerprint density at radius 3 is 2.79 bits per heavy atom. The van der Waals surface area contributed by atoms with Crippen LogP contribution < -0.4 is 16.4 Å². The number of carbonyl (C=O) groups excluding carboxylic acids is 2. The van der Waals surface area contributed by atoms with Gasteiger partial charge in [-0.1, -0.05) is 13.3 Å². The lowest BCUT2D eigenvalue weighted by Gasteiger charge is -2.08. The Morgan fingerprint density at radius 2 is 2.16 bits per heavy atom. The molecule has 0 aromatic carbocycles. The highest BCUT2D eigenvalue weighted by Crippen LogP contribution is 2.07. The van der Waals surface area contributed by atoms with E-state index >= 15 is 0 Å².